The molecule has 3 aromatic rings. The Morgan fingerprint density at radius 1 is 1.00 bits per heavy atom. The molecule has 0 atom stereocenters. The zero-order valence-corrected chi connectivity index (χ0v) is 13.4. The van der Waals surface area contributed by atoms with Gasteiger partial charge < -0.3 is 9.84 Å². The van der Waals surface area contributed by atoms with Crippen molar-refractivity contribution in [3.8, 4) is 5.75 Å². The minimum atomic E-state index is -0.944. The van der Waals surface area contributed by atoms with E-state index in [0.29, 0.717) is 6.61 Å². The van der Waals surface area contributed by atoms with Crippen LogP contribution in [0.2, 0.25) is 0 Å². The SMILES string of the molecule is CCOc1ccc(/C=C(\C(=O)O)c2cccc3ccccc23)cc1. The first-order valence-electron chi connectivity index (χ1n) is 7.85. The first-order valence-corrected chi connectivity index (χ1v) is 7.85. The zero-order chi connectivity index (χ0) is 16.9. The molecule has 24 heavy (non-hydrogen) atoms. The molecule has 0 spiro atoms. The number of rotatable bonds is 5. The van der Waals surface area contributed by atoms with E-state index in [0.717, 1.165) is 27.6 Å². The molecule has 0 aliphatic carbocycles. The van der Waals surface area contributed by atoms with Crippen LogP contribution in [-0.4, -0.2) is 17.7 Å². The average molecular weight is 318 g/mol. The predicted molar refractivity (Wildman–Crippen MR) is 97.1 cm³/mol. The fourth-order valence-electron chi connectivity index (χ4n) is 2.71. The monoisotopic (exact) mass is 318 g/mol. The molecule has 3 heteroatoms. The zero-order valence-electron chi connectivity index (χ0n) is 13.4. The molecule has 0 saturated carbocycles. The Morgan fingerprint density at radius 3 is 2.42 bits per heavy atom. The number of carboxylic acid groups (broad SMARTS) is 1. The van der Waals surface area contributed by atoms with Gasteiger partial charge in [0, 0.05) is 0 Å². The van der Waals surface area contributed by atoms with E-state index in [1.54, 1.807) is 6.08 Å². The van der Waals surface area contributed by atoms with Crippen molar-refractivity contribution in [1.82, 2.24) is 0 Å². The Hall–Kier alpha value is -3.07. The first-order chi connectivity index (χ1) is 11.7. The van der Waals surface area contributed by atoms with Gasteiger partial charge in [0.25, 0.3) is 0 Å². The maximum Gasteiger partial charge on any atom is 0.336 e. The molecule has 3 aromatic carbocycles. The van der Waals surface area contributed by atoms with Gasteiger partial charge in [0.05, 0.1) is 12.2 Å². The lowest BCUT2D eigenvalue weighted by Crippen LogP contribution is -2.00. The van der Waals surface area contributed by atoms with Crippen LogP contribution < -0.4 is 4.74 Å². The van der Waals surface area contributed by atoms with Gasteiger partial charge in [0.1, 0.15) is 5.75 Å². The first kappa shape index (κ1) is 15.8. The highest BCUT2D eigenvalue weighted by Crippen LogP contribution is 2.27. The average Bonchev–Trinajstić information content (AvgIpc) is 2.61. The summed E-state index contributed by atoms with van der Waals surface area (Å²) in [5.74, 6) is -0.170. The molecule has 0 fully saturated rings. The second-order valence-corrected chi connectivity index (χ2v) is 5.39. The second kappa shape index (κ2) is 7.01. The van der Waals surface area contributed by atoms with Gasteiger partial charge in [-0.15, -0.1) is 0 Å². The molecule has 1 N–H and O–H groups in total. The van der Waals surface area contributed by atoms with Crippen LogP contribution in [0.15, 0.2) is 66.7 Å². The van der Waals surface area contributed by atoms with Crippen molar-refractivity contribution in [2.24, 2.45) is 0 Å². The third-order valence-corrected chi connectivity index (χ3v) is 3.81. The molecule has 120 valence electrons. The molecular weight excluding hydrogens is 300 g/mol. The Bertz CT molecular complexity index is 887. The summed E-state index contributed by atoms with van der Waals surface area (Å²) in [6, 6.07) is 20.9. The molecule has 0 aromatic heterocycles. The fourth-order valence-corrected chi connectivity index (χ4v) is 2.71. The number of hydrogen-bond donors (Lipinski definition) is 1. The number of carboxylic acids is 1. The summed E-state index contributed by atoms with van der Waals surface area (Å²) in [4.78, 5) is 11.8. The number of benzene rings is 3. The van der Waals surface area contributed by atoms with Crippen LogP contribution in [0.1, 0.15) is 18.1 Å². The van der Waals surface area contributed by atoms with Gasteiger partial charge in [-0.1, -0.05) is 54.6 Å². The Kier molecular flexibility index (Phi) is 4.62. The third-order valence-electron chi connectivity index (χ3n) is 3.81. The Morgan fingerprint density at radius 2 is 1.71 bits per heavy atom. The number of fused-ring (bicyclic) bond motifs is 1. The molecule has 0 saturated heterocycles. The Labute approximate surface area is 140 Å². The van der Waals surface area contributed by atoms with Crippen LogP contribution in [0.5, 0.6) is 5.75 Å². The van der Waals surface area contributed by atoms with Crippen molar-refractivity contribution in [3.63, 3.8) is 0 Å². The van der Waals surface area contributed by atoms with Gasteiger partial charge in [0.15, 0.2) is 0 Å². The molecule has 3 rings (SSSR count). The van der Waals surface area contributed by atoms with E-state index in [1.807, 2.05) is 73.7 Å². The molecule has 0 aliphatic rings. The molecule has 0 amide bonds. The van der Waals surface area contributed by atoms with Gasteiger partial charge in [-0.3, -0.25) is 0 Å². The highest BCUT2D eigenvalue weighted by atomic mass is 16.5. The van der Waals surface area contributed by atoms with Crippen molar-refractivity contribution in [3.05, 3.63) is 77.9 Å². The van der Waals surface area contributed by atoms with Crippen molar-refractivity contribution in [2.75, 3.05) is 6.61 Å². The van der Waals surface area contributed by atoms with Gasteiger partial charge in [0.2, 0.25) is 0 Å². The molecular formula is C21H18O3. The lowest BCUT2D eigenvalue weighted by atomic mass is 9.96. The molecule has 0 heterocycles. The van der Waals surface area contributed by atoms with Crippen LogP contribution in [-0.2, 0) is 4.79 Å². The van der Waals surface area contributed by atoms with Crippen LogP contribution in [0.3, 0.4) is 0 Å². The van der Waals surface area contributed by atoms with Crippen molar-refractivity contribution in [1.29, 1.82) is 0 Å². The summed E-state index contributed by atoms with van der Waals surface area (Å²) in [5.41, 5.74) is 1.81. The van der Waals surface area contributed by atoms with Crippen molar-refractivity contribution in [2.45, 2.75) is 6.92 Å². The molecule has 3 nitrogen and oxygen atoms in total. The molecule has 0 unspecified atom stereocenters. The largest absolute Gasteiger partial charge is 0.494 e. The smallest absolute Gasteiger partial charge is 0.336 e. The topological polar surface area (TPSA) is 46.5 Å². The van der Waals surface area contributed by atoms with Crippen molar-refractivity contribution < 1.29 is 14.6 Å². The normalized spacial score (nSPS) is 11.5. The van der Waals surface area contributed by atoms with E-state index in [4.69, 9.17) is 4.74 Å². The quantitative estimate of drug-likeness (QED) is 0.539. The lowest BCUT2D eigenvalue weighted by Gasteiger charge is -2.08. The maximum absolute atomic E-state index is 11.8. The summed E-state index contributed by atoms with van der Waals surface area (Å²) in [6.07, 6.45) is 1.69. The van der Waals surface area contributed by atoms with E-state index >= 15 is 0 Å². The number of carbonyl (C=O) groups is 1. The lowest BCUT2D eigenvalue weighted by molar-refractivity contribution is -0.130. The van der Waals surface area contributed by atoms with Gasteiger partial charge in [-0.25, -0.2) is 4.79 Å². The van der Waals surface area contributed by atoms with Crippen LogP contribution in [0.4, 0.5) is 0 Å². The van der Waals surface area contributed by atoms with Gasteiger partial charge in [-0.2, -0.15) is 0 Å². The Balaban J connectivity index is 2.07. The molecule has 0 aliphatic heterocycles. The van der Waals surface area contributed by atoms with E-state index in [9.17, 15) is 9.90 Å². The number of aliphatic carboxylic acids is 1. The second-order valence-electron chi connectivity index (χ2n) is 5.39. The van der Waals surface area contributed by atoms with E-state index in [1.165, 1.54) is 0 Å². The fraction of sp³-hybridized carbons (Fsp3) is 0.0952. The van der Waals surface area contributed by atoms with Gasteiger partial charge in [-0.05, 0) is 47.0 Å². The summed E-state index contributed by atoms with van der Waals surface area (Å²) in [5, 5.41) is 11.6. The van der Waals surface area contributed by atoms with Gasteiger partial charge >= 0.3 is 5.97 Å². The highest BCUT2D eigenvalue weighted by Gasteiger charge is 2.13. The summed E-state index contributed by atoms with van der Waals surface area (Å²) >= 11 is 0. The number of ether oxygens (including phenoxy) is 1. The highest BCUT2D eigenvalue weighted by molar-refractivity contribution is 6.23. The maximum atomic E-state index is 11.8. The molecule has 0 bridgehead atoms. The van der Waals surface area contributed by atoms with Crippen LogP contribution >= 0.6 is 0 Å². The van der Waals surface area contributed by atoms with Crippen LogP contribution in [0, 0.1) is 0 Å². The minimum Gasteiger partial charge on any atom is -0.494 e. The predicted octanol–water partition coefficient (Wildman–Crippen LogP) is 4.86. The van der Waals surface area contributed by atoms with E-state index in [2.05, 4.69) is 0 Å². The van der Waals surface area contributed by atoms with E-state index in [-0.39, 0.29) is 5.57 Å². The summed E-state index contributed by atoms with van der Waals surface area (Å²) in [7, 11) is 0. The number of hydrogen-bond acceptors (Lipinski definition) is 2. The summed E-state index contributed by atoms with van der Waals surface area (Å²) in [6.45, 7) is 2.53. The minimum absolute atomic E-state index is 0.274. The molecule has 0 radical (unpaired) electrons. The standard InChI is InChI=1S/C21H18O3/c1-2-24-17-12-10-15(11-13-17)14-20(21(22)23)19-9-5-7-16-6-3-4-8-18(16)19/h3-14H,2H2,1H3,(H,22,23)/b20-14-. The third kappa shape index (κ3) is 3.30. The van der Waals surface area contributed by atoms with Crippen molar-refractivity contribution >= 4 is 28.4 Å². The summed E-state index contributed by atoms with van der Waals surface area (Å²) < 4.78 is 5.42. The van der Waals surface area contributed by atoms with Crippen LogP contribution in [0.25, 0.3) is 22.4 Å². The van der Waals surface area contributed by atoms with E-state index < -0.39 is 5.97 Å².